The molecule has 0 radical (unpaired) electrons. The number of rotatable bonds is 5. The predicted molar refractivity (Wildman–Crippen MR) is 73.0 cm³/mol. The molecule has 0 heterocycles. The third kappa shape index (κ3) is 2.70. The van der Waals surface area contributed by atoms with Crippen LogP contribution in [0.15, 0.2) is 0 Å². The molecule has 1 nitrogen and oxygen atoms in total. The maximum Gasteiger partial charge on any atom is 0.00694 e. The standard InChI is InChI=1S/C16H29N/c1-17-16(10-12-4-2-3-5-12)11-15-9-13-6-7-14(15)8-13/h12-17H,2-11H2,1H3. The van der Waals surface area contributed by atoms with Crippen LogP contribution >= 0.6 is 0 Å². The highest BCUT2D eigenvalue weighted by Crippen LogP contribution is 2.50. The average molecular weight is 235 g/mol. The zero-order valence-electron chi connectivity index (χ0n) is 11.5. The number of hydrogen-bond donors (Lipinski definition) is 1. The lowest BCUT2D eigenvalue weighted by Crippen LogP contribution is -2.31. The minimum absolute atomic E-state index is 0.822. The molecule has 1 N–H and O–H groups in total. The van der Waals surface area contributed by atoms with Crippen molar-refractivity contribution in [2.24, 2.45) is 23.7 Å². The van der Waals surface area contributed by atoms with Crippen molar-refractivity contribution in [2.45, 2.75) is 70.3 Å². The number of nitrogens with one attached hydrogen (secondary N) is 1. The highest BCUT2D eigenvalue weighted by molar-refractivity contribution is 4.92. The molecule has 0 spiro atoms. The summed E-state index contributed by atoms with van der Waals surface area (Å²) in [6, 6.07) is 0.822. The van der Waals surface area contributed by atoms with Crippen molar-refractivity contribution in [3.63, 3.8) is 0 Å². The molecule has 98 valence electrons. The maximum atomic E-state index is 3.62. The van der Waals surface area contributed by atoms with Crippen LogP contribution in [-0.2, 0) is 0 Å². The fourth-order valence-electron chi connectivity index (χ4n) is 5.01. The van der Waals surface area contributed by atoms with Crippen molar-refractivity contribution in [2.75, 3.05) is 7.05 Å². The molecule has 0 aromatic heterocycles. The minimum Gasteiger partial charge on any atom is -0.317 e. The third-order valence-corrected chi connectivity index (χ3v) is 5.97. The Morgan fingerprint density at radius 2 is 1.82 bits per heavy atom. The molecule has 0 aliphatic heterocycles. The zero-order valence-corrected chi connectivity index (χ0v) is 11.5. The van der Waals surface area contributed by atoms with Crippen molar-refractivity contribution in [3.8, 4) is 0 Å². The fourth-order valence-corrected chi connectivity index (χ4v) is 5.01. The molecule has 3 aliphatic rings. The van der Waals surface area contributed by atoms with E-state index in [9.17, 15) is 0 Å². The van der Waals surface area contributed by atoms with E-state index >= 15 is 0 Å². The van der Waals surface area contributed by atoms with E-state index in [4.69, 9.17) is 0 Å². The summed E-state index contributed by atoms with van der Waals surface area (Å²) in [7, 11) is 2.19. The molecule has 3 saturated carbocycles. The van der Waals surface area contributed by atoms with Gasteiger partial charge in [-0.1, -0.05) is 32.1 Å². The highest BCUT2D eigenvalue weighted by Gasteiger charge is 2.40. The SMILES string of the molecule is CNC(CC1CCCC1)CC1CC2CCC1C2. The molecule has 0 aromatic carbocycles. The van der Waals surface area contributed by atoms with Crippen LogP contribution < -0.4 is 5.32 Å². The normalized spacial score (nSPS) is 39.0. The number of hydrogen-bond acceptors (Lipinski definition) is 1. The summed E-state index contributed by atoms with van der Waals surface area (Å²) in [4.78, 5) is 0. The minimum atomic E-state index is 0.822. The lowest BCUT2D eigenvalue weighted by molar-refractivity contribution is 0.262. The molecule has 0 aromatic rings. The molecular formula is C16H29N. The van der Waals surface area contributed by atoms with Gasteiger partial charge in [-0.05, 0) is 62.8 Å². The van der Waals surface area contributed by atoms with Crippen LogP contribution in [0.3, 0.4) is 0 Å². The van der Waals surface area contributed by atoms with Gasteiger partial charge in [-0.2, -0.15) is 0 Å². The van der Waals surface area contributed by atoms with E-state index < -0.39 is 0 Å². The molecule has 4 unspecified atom stereocenters. The summed E-state index contributed by atoms with van der Waals surface area (Å²) < 4.78 is 0. The van der Waals surface area contributed by atoms with Crippen molar-refractivity contribution in [1.82, 2.24) is 5.32 Å². The summed E-state index contributed by atoms with van der Waals surface area (Å²) in [6.07, 6.45) is 15.2. The van der Waals surface area contributed by atoms with E-state index in [-0.39, 0.29) is 0 Å². The smallest absolute Gasteiger partial charge is 0.00694 e. The predicted octanol–water partition coefficient (Wildman–Crippen LogP) is 3.98. The Morgan fingerprint density at radius 3 is 2.41 bits per heavy atom. The summed E-state index contributed by atoms with van der Waals surface area (Å²) in [5, 5.41) is 3.62. The molecule has 3 fully saturated rings. The van der Waals surface area contributed by atoms with Gasteiger partial charge in [0.25, 0.3) is 0 Å². The first-order chi connectivity index (χ1) is 8.35. The Balaban J connectivity index is 1.48. The van der Waals surface area contributed by atoms with Crippen molar-refractivity contribution in [1.29, 1.82) is 0 Å². The molecular weight excluding hydrogens is 206 g/mol. The van der Waals surface area contributed by atoms with E-state index in [1.165, 1.54) is 38.5 Å². The average Bonchev–Trinajstić information content (AvgIpc) is 3.04. The van der Waals surface area contributed by atoms with Crippen LogP contribution in [0.1, 0.15) is 64.2 Å². The Labute approximate surface area is 107 Å². The highest BCUT2D eigenvalue weighted by atomic mass is 14.9. The summed E-state index contributed by atoms with van der Waals surface area (Å²) in [5.41, 5.74) is 0. The van der Waals surface area contributed by atoms with Crippen LogP contribution in [0, 0.1) is 23.7 Å². The van der Waals surface area contributed by atoms with E-state index in [0.717, 1.165) is 29.7 Å². The molecule has 4 atom stereocenters. The van der Waals surface area contributed by atoms with Crippen LogP contribution in [0.25, 0.3) is 0 Å². The molecule has 17 heavy (non-hydrogen) atoms. The van der Waals surface area contributed by atoms with Crippen LogP contribution in [0.5, 0.6) is 0 Å². The van der Waals surface area contributed by atoms with Gasteiger partial charge < -0.3 is 5.32 Å². The summed E-state index contributed by atoms with van der Waals surface area (Å²) >= 11 is 0. The monoisotopic (exact) mass is 235 g/mol. The van der Waals surface area contributed by atoms with Gasteiger partial charge in [0.05, 0.1) is 0 Å². The zero-order chi connectivity index (χ0) is 11.7. The van der Waals surface area contributed by atoms with Crippen molar-refractivity contribution < 1.29 is 0 Å². The summed E-state index contributed by atoms with van der Waals surface area (Å²) in [5.74, 6) is 4.35. The molecule has 2 bridgehead atoms. The Bertz CT molecular complexity index is 244. The van der Waals surface area contributed by atoms with Gasteiger partial charge >= 0.3 is 0 Å². The topological polar surface area (TPSA) is 12.0 Å². The largest absolute Gasteiger partial charge is 0.317 e. The van der Waals surface area contributed by atoms with E-state index in [2.05, 4.69) is 12.4 Å². The molecule has 0 saturated heterocycles. The molecule has 3 aliphatic carbocycles. The van der Waals surface area contributed by atoms with Gasteiger partial charge in [0.2, 0.25) is 0 Å². The Morgan fingerprint density at radius 1 is 1.00 bits per heavy atom. The van der Waals surface area contributed by atoms with E-state index in [1.54, 1.807) is 25.7 Å². The van der Waals surface area contributed by atoms with Crippen molar-refractivity contribution in [3.05, 3.63) is 0 Å². The van der Waals surface area contributed by atoms with Gasteiger partial charge in [0, 0.05) is 6.04 Å². The third-order valence-electron chi connectivity index (χ3n) is 5.97. The fraction of sp³-hybridized carbons (Fsp3) is 1.00. The Hall–Kier alpha value is -0.0400. The first-order valence-corrected chi connectivity index (χ1v) is 8.02. The van der Waals surface area contributed by atoms with E-state index in [1.807, 2.05) is 0 Å². The van der Waals surface area contributed by atoms with Gasteiger partial charge in [-0.15, -0.1) is 0 Å². The summed E-state index contributed by atoms with van der Waals surface area (Å²) in [6.45, 7) is 0. The van der Waals surface area contributed by atoms with E-state index in [0.29, 0.717) is 0 Å². The van der Waals surface area contributed by atoms with Gasteiger partial charge in [-0.25, -0.2) is 0 Å². The molecule has 1 heteroatoms. The number of fused-ring (bicyclic) bond motifs is 2. The second kappa shape index (κ2) is 5.30. The first kappa shape index (κ1) is 12.0. The first-order valence-electron chi connectivity index (χ1n) is 8.02. The van der Waals surface area contributed by atoms with Gasteiger partial charge in [0.1, 0.15) is 0 Å². The van der Waals surface area contributed by atoms with Gasteiger partial charge in [0.15, 0.2) is 0 Å². The van der Waals surface area contributed by atoms with Crippen LogP contribution in [-0.4, -0.2) is 13.1 Å². The second-order valence-corrected chi connectivity index (χ2v) is 7.04. The quantitative estimate of drug-likeness (QED) is 0.760. The lowest BCUT2D eigenvalue weighted by atomic mass is 9.82. The molecule has 3 rings (SSSR count). The molecule has 0 amide bonds. The van der Waals surface area contributed by atoms with Crippen LogP contribution in [0.4, 0.5) is 0 Å². The Kier molecular flexibility index (Phi) is 3.75. The second-order valence-electron chi connectivity index (χ2n) is 7.04. The lowest BCUT2D eigenvalue weighted by Gasteiger charge is -2.28. The maximum absolute atomic E-state index is 3.62. The van der Waals surface area contributed by atoms with Gasteiger partial charge in [-0.3, -0.25) is 0 Å². The van der Waals surface area contributed by atoms with Crippen molar-refractivity contribution >= 4 is 0 Å². The van der Waals surface area contributed by atoms with Crippen LogP contribution in [0.2, 0.25) is 0 Å².